The molecule has 0 spiro atoms. The number of halogens is 3. The van der Waals surface area contributed by atoms with E-state index in [0.29, 0.717) is 13.0 Å². The summed E-state index contributed by atoms with van der Waals surface area (Å²) in [6.07, 6.45) is -4.26. The van der Waals surface area contributed by atoms with Gasteiger partial charge in [0.05, 0.1) is 11.4 Å². The average Bonchev–Trinajstić information content (AvgIpc) is 2.61. The second-order valence-corrected chi connectivity index (χ2v) is 7.64. The van der Waals surface area contributed by atoms with Crippen LogP contribution in [0.1, 0.15) is 11.1 Å². The van der Waals surface area contributed by atoms with E-state index in [1.54, 1.807) is 0 Å². The first kappa shape index (κ1) is 21.7. The number of hydrogen-bond acceptors (Lipinski definition) is 4. The van der Waals surface area contributed by atoms with Crippen LogP contribution in [0.3, 0.4) is 0 Å². The van der Waals surface area contributed by atoms with E-state index in [1.807, 2.05) is 31.2 Å². The number of alkyl halides is 3. The molecule has 0 unspecified atom stereocenters. The van der Waals surface area contributed by atoms with E-state index in [1.165, 1.54) is 0 Å². The number of sulfonamides is 1. The monoisotopic (exact) mass is 416 g/mol. The fraction of sp³-hybridized carbons (Fsp3) is 0.278. The summed E-state index contributed by atoms with van der Waals surface area (Å²) in [6.45, 7) is 1.81. The van der Waals surface area contributed by atoms with Crippen molar-refractivity contribution >= 4 is 15.9 Å². The Hall–Kier alpha value is -2.59. The Bertz CT molecular complexity index is 913. The van der Waals surface area contributed by atoms with Gasteiger partial charge in [0.15, 0.2) is 0 Å². The Kier molecular flexibility index (Phi) is 7.03. The van der Waals surface area contributed by atoms with Crippen LogP contribution < -0.4 is 14.8 Å². The van der Waals surface area contributed by atoms with Crippen molar-refractivity contribution in [2.24, 2.45) is 0 Å². The molecule has 28 heavy (non-hydrogen) atoms. The first-order chi connectivity index (χ1) is 13.1. The Labute approximate surface area is 160 Å². The van der Waals surface area contributed by atoms with Gasteiger partial charge >= 0.3 is 6.36 Å². The number of carbonyl (C=O) groups excluding carboxylic acids is 1. The highest BCUT2D eigenvalue weighted by Gasteiger charge is 2.31. The fourth-order valence-electron chi connectivity index (χ4n) is 2.35. The summed E-state index contributed by atoms with van der Waals surface area (Å²) < 4.78 is 66.4. The summed E-state index contributed by atoms with van der Waals surface area (Å²) in [5.41, 5.74) is 2.17. The lowest BCUT2D eigenvalue weighted by Gasteiger charge is -2.11. The molecule has 0 radical (unpaired) electrons. The molecule has 0 aromatic heterocycles. The van der Waals surface area contributed by atoms with Crippen molar-refractivity contribution in [2.75, 3.05) is 13.1 Å². The number of aryl methyl sites for hydroxylation is 1. The molecular formula is C18H19F3N2O4S. The van der Waals surface area contributed by atoms with Crippen molar-refractivity contribution in [1.82, 2.24) is 10.0 Å². The topological polar surface area (TPSA) is 84.5 Å². The first-order valence-electron chi connectivity index (χ1n) is 8.23. The molecule has 2 rings (SSSR count). The zero-order valence-corrected chi connectivity index (χ0v) is 15.7. The lowest BCUT2D eigenvalue weighted by molar-refractivity contribution is -0.274. The van der Waals surface area contributed by atoms with Gasteiger partial charge in [-0.2, -0.15) is 0 Å². The molecule has 1 amide bonds. The molecule has 0 fully saturated rings. The highest BCUT2D eigenvalue weighted by atomic mass is 32.2. The van der Waals surface area contributed by atoms with Crippen molar-refractivity contribution in [1.29, 1.82) is 0 Å². The Morgan fingerprint density at radius 1 is 1.07 bits per heavy atom. The van der Waals surface area contributed by atoms with Gasteiger partial charge in [-0.1, -0.05) is 24.3 Å². The van der Waals surface area contributed by atoms with Crippen LogP contribution in [-0.4, -0.2) is 33.8 Å². The molecule has 0 saturated heterocycles. The zero-order valence-electron chi connectivity index (χ0n) is 14.9. The number of amides is 1. The van der Waals surface area contributed by atoms with E-state index in [9.17, 15) is 26.4 Å². The van der Waals surface area contributed by atoms with E-state index in [4.69, 9.17) is 0 Å². The van der Waals surface area contributed by atoms with Gasteiger partial charge in [0.1, 0.15) is 5.75 Å². The summed E-state index contributed by atoms with van der Waals surface area (Å²) >= 11 is 0. The summed E-state index contributed by atoms with van der Waals surface area (Å²) in [5.74, 6) is -1.06. The number of hydrogen-bond donors (Lipinski definition) is 2. The van der Waals surface area contributed by atoms with E-state index < -0.39 is 34.6 Å². The van der Waals surface area contributed by atoms with Gasteiger partial charge in [0, 0.05) is 6.54 Å². The van der Waals surface area contributed by atoms with Gasteiger partial charge in [0.25, 0.3) is 0 Å². The van der Waals surface area contributed by atoms with Gasteiger partial charge in [-0.15, -0.1) is 13.2 Å². The minimum Gasteiger partial charge on any atom is -0.406 e. The number of carbonyl (C=O) groups is 1. The molecule has 0 atom stereocenters. The van der Waals surface area contributed by atoms with Crippen LogP contribution >= 0.6 is 0 Å². The standard InChI is InChI=1S/C18H19F3N2O4S/c1-13-4-2-3-5-14(13)10-11-22-17(24)12-23-28(25,26)16-8-6-15(7-9-16)27-18(19,20)21/h2-9,23H,10-12H2,1H3,(H,22,24). The molecule has 2 aromatic carbocycles. The van der Waals surface area contributed by atoms with Crippen molar-refractivity contribution in [2.45, 2.75) is 24.6 Å². The van der Waals surface area contributed by atoms with Crippen LogP contribution in [0.5, 0.6) is 5.75 Å². The minimum absolute atomic E-state index is 0.283. The van der Waals surface area contributed by atoms with E-state index in [0.717, 1.165) is 35.4 Å². The van der Waals surface area contributed by atoms with Crippen LogP contribution in [0.2, 0.25) is 0 Å². The second kappa shape index (κ2) is 9.07. The summed E-state index contributed by atoms with van der Waals surface area (Å²) in [6, 6.07) is 11.4. The van der Waals surface area contributed by atoms with Gasteiger partial charge in [0.2, 0.25) is 15.9 Å². The maximum Gasteiger partial charge on any atom is 0.573 e. The third-order valence-corrected chi connectivity index (χ3v) is 5.19. The Morgan fingerprint density at radius 3 is 2.32 bits per heavy atom. The Morgan fingerprint density at radius 2 is 1.71 bits per heavy atom. The van der Waals surface area contributed by atoms with E-state index in [-0.39, 0.29) is 4.90 Å². The van der Waals surface area contributed by atoms with Gasteiger partial charge in [-0.3, -0.25) is 4.79 Å². The Balaban J connectivity index is 1.83. The van der Waals surface area contributed by atoms with Crippen LogP contribution in [0.4, 0.5) is 13.2 Å². The van der Waals surface area contributed by atoms with Crippen molar-refractivity contribution in [3.05, 3.63) is 59.7 Å². The number of benzene rings is 2. The van der Waals surface area contributed by atoms with Crippen molar-refractivity contribution in [3.8, 4) is 5.75 Å². The molecule has 2 aromatic rings. The fourth-order valence-corrected chi connectivity index (χ4v) is 3.34. The summed E-state index contributed by atoms with van der Waals surface area (Å²) in [7, 11) is -4.05. The van der Waals surface area contributed by atoms with Crippen LogP contribution in [0.15, 0.2) is 53.4 Å². The highest BCUT2D eigenvalue weighted by Crippen LogP contribution is 2.23. The molecule has 0 heterocycles. The van der Waals surface area contributed by atoms with Gasteiger partial charge < -0.3 is 10.1 Å². The number of ether oxygens (including phenoxy) is 1. The zero-order chi connectivity index (χ0) is 20.8. The number of nitrogens with one attached hydrogen (secondary N) is 2. The van der Waals surface area contributed by atoms with Crippen LogP contribution in [-0.2, 0) is 21.2 Å². The predicted octanol–water partition coefficient (Wildman–Crippen LogP) is 2.53. The molecule has 6 nitrogen and oxygen atoms in total. The molecule has 0 aliphatic heterocycles. The molecule has 0 aliphatic rings. The molecule has 152 valence electrons. The highest BCUT2D eigenvalue weighted by molar-refractivity contribution is 7.89. The van der Waals surface area contributed by atoms with Gasteiger partial charge in [-0.25, -0.2) is 13.1 Å². The third-order valence-electron chi connectivity index (χ3n) is 3.77. The number of rotatable bonds is 8. The molecular weight excluding hydrogens is 397 g/mol. The van der Waals surface area contributed by atoms with Gasteiger partial charge in [-0.05, 0) is 48.7 Å². The van der Waals surface area contributed by atoms with Crippen molar-refractivity contribution in [3.63, 3.8) is 0 Å². The maximum absolute atomic E-state index is 12.1. The quantitative estimate of drug-likeness (QED) is 0.693. The lowest BCUT2D eigenvalue weighted by atomic mass is 10.1. The predicted molar refractivity (Wildman–Crippen MR) is 96.2 cm³/mol. The lowest BCUT2D eigenvalue weighted by Crippen LogP contribution is -2.37. The van der Waals surface area contributed by atoms with Crippen LogP contribution in [0.25, 0.3) is 0 Å². The SMILES string of the molecule is Cc1ccccc1CCNC(=O)CNS(=O)(=O)c1ccc(OC(F)(F)F)cc1. The van der Waals surface area contributed by atoms with Crippen LogP contribution in [0, 0.1) is 6.92 Å². The molecule has 0 saturated carbocycles. The largest absolute Gasteiger partial charge is 0.573 e. The first-order valence-corrected chi connectivity index (χ1v) is 9.72. The maximum atomic E-state index is 12.1. The van der Waals surface area contributed by atoms with E-state index >= 15 is 0 Å². The minimum atomic E-state index is -4.87. The smallest absolute Gasteiger partial charge is 0.406 e. The molecule has 2 N–H and O–H groups in total. The molecule has 0 aliphatic carbocycles. The third kappa shape index (κ3) is 6.86. The normalized spacial score (nSPS) is 11.9. The molecule has 10 heteroatoms. The molecule has 0 bridgehead atoms. The summed E-state index contributed by atoms with van der Waals surface area (Å²) in [5, 5.41) is 2.61. The second-order valence-electron chi connectivity index (χ2n) is 5.87. The van der Waals surface area contributed by atoms with E-state index in [2.05, 4.69) is 14.8 Å². The average molecular weight is 416 g/mol. The van der Waals surface area contributed by atoms with Crippen molar-refractivity contribution < 1.29 is 31.1 Å². The summed E-state index contributed by atoms with van der Waals surface area (Å²) in [4.78, 5) is 11.5.